The van der Waals surface area contributed by atoms with Crippen LogP contribution in [0.15, 0.2) is 48.5 Å². The number of carbonyl (C=O) groups is 1. The Bertz CT molecular complexity index is 643. The molecule has 2 rings (SSSR count). The molecule has 1 amide bonds. The van der Waals surface area contributed by atoms with E-state index < -0.39 is 0 Å². The summed E-state index contributed by atoms with van der Waals surface area (Å²) in [5.41, 5.74) is 2.35. The summed E-state index contributed by atoms with van der Waals surface area (Å²) in [6.45, 7) is 4.45. The lowest BCUT2D eigenvalue weighted by Gasteiger charge is -2.24. The van der Waals surface area contributed by atoms with E-state index in [9.17, 15) is 4.79 Å². The van der Waals surface area contributed by atoms with Gasteiger partial charge in [-0.3, -0.25) is 0 Å². The fourth-order valence-electron chi connectivity index (χ4n) is 2.33. The first-order chi connectivity index (χ1) is 11.1. The van der Waals surface area contributed by atoms with Gasteiger partial charge in [0.1, 0.15) is 0 Å². The number of anilines is 2. The molecule has 0 unspecified atom stereocenters. The number of para-hydroxylation sites is 1. The number of carbonyl (C=O) groups excluding carboxylic acids is 1. The largest absolute Gasteiger partial charge is 0.449 e. The van der Waals surface area contributed by atoms with Crippen LogP contribution in [-0.2, 0) is 4.74 Å². The predicted molar refractivity (Wildman–Crippen MR) is 95.6 cm³/mol. The topological polar surface area (TPSA) is 29.5 Å². The molecule has 3 nitrogen and oxygen atoms in total. The number of hydrogen-bond donors (Lipinski definition) is 0. The van der Waals surface area contributed by atoms with Gasteiger partial charge in [0.2, 0.25) is 0 Å². The molecule has 0 saturated heterocycles. The highest BCUT2D eigenvalue weighted by Gasteiger charge is 2.21. The Hall–Kier alpha value is -2.00. The zero-order chi connectivity index (χ0) is 16.7. The van der Waals surface area contributed by atoms with Gasteiger partial charge < -0.3 is 4.74 Å². The summed E-state index contributed by atoms with van der Waals surface area (Å²) in [5.74, 6) is 0. The van der Waals surface area contributed by atoms with Gasteiger partial charge in [0.25, 0.3) is 0 Å². The smallest absolute Gasteiger partial charge is 0.418 e. The number of benzene rings is 2. The molecule has 23 heavy (non-hydrogen) atoms. The monoisotopic (exact) mass is 331 g/mol. The van der Waals surface area contributed by atoms with Crippen molar-refractivity contribution >= 4 is 29.1 Å². The molecule has 0 radical (unpaired) electrons. The third-order valence-corrected chi connectivity index (χ3v) is 4.06. The molecule has 0 aromatic heterocycles. The summed E-state index contributed by atoms with van der Waals surface area (Å²) >= 11 is 6.22. The third kappa shape index (κ3) is 4.49. The van der Waals surface area contributed by atoms with Gasteiger partial charge in [-0.25, -0.2) is 9.69 Å². The van der Waals surface area contributed by atoms with Crippen LogP contribution in [-0.4, -0.2) is 12.7 Å². The number of hydrogen-bond acceptors (Lipinski definition) is 2. The third-order valence-electron chi connectivity index (χ3n) is 3.65. The summed E-state index contributed by atoms with van der Waals surface area (Å²) in [5, 5.41) is 0.627. The van der Waals surface area contributed by atoms with Crippen LogP contribution in [0.4, 0.5) is 16.2 Å². The first-order valence-corrected chi connectivity index (χ1v) is 8.30. The van der Waals surface area contributed by atoms with E-state index in [1.54, 1.807) is 4.90 Å². The Balaban J connectivity index is 2.29. The number of nitrogens with zero attached hydrogens (tertiary/aromatic N) is 1. The van der Waals surface area contributed by atoms with Crippen LogP contribution in [0.3, 0.4) is 0 Å². The van der Waals surface area contributed by atoms with Crippen LogP contribution in [0.25, 0.3) is 0 Å². The lowest BCUT2D eigenvalue weighted by molar-refractivity contribution is 0.154. The van der Waals surface area contributed by atoms with Crippen molar-refractivity contribution in [3.8, 4) is 0 Å². The molecule has 0 atom stereocenters. The van der Waals surface area contributed by atoms with E-state index in [4.69, 9.17) is 16.3 Å². The highest BCUT2D eigenvalue weighted by molar-refractivity contribution is 6.31. The van der Waals surface area contributed by atoms with Crippen molar-refractivity contribution in [3.63, 3.8) is 0 Å². The number of halogens is 1. The molecule has 0 aliphatic rings. The normalized spacial score (nSPS) is 10.4. The number of amides is 1. The van der Waals surface area contributed by atoms with Crippen LogP contribution in [0, 0.1) is 6.92 Å². The fourth-order valence-corrected chi connectivity index (χ4v) is 2.50. The van der Waals surface area contributed by atoms with Gasteiger partial charge in [0.05, 0.1) is 18.0 Å². The quantitative estimate of drug-likeness (QED) is 0.597. The van der Waals surface area contributed by atoms with Gasteiger partial charge in [-0.15, -0.1) is 0 Å². The predicted octanol–water partition coefficient (Wildman–Crippen LogP) is 6.11. The number of unbranched alkanes of at least 4 members (excludes halogenated alkanes) is 2. The second-order valence-electron chi connectivity index (χ2n) is 5.38. The van der Waals surface area contributed by atoms with Gasteiger partial charge in [-0.2, -0.15) is 0 Å². The SMILES string of the molecule is CCCCCOC(=O)N(c1ccccc1)c1cccc(Cl)c1C. The molecular formula is C19H22ClNO2. The molecule has 2 aromatic carbocycles. The van der Waals surface area contributed by atoms with E-state index >= 15 is 0 Å². The van der Waals surface area contributed by atoms with Crippen LogP contribution in [0.2, 0.25) is 5.02 Å². The Morgan fingerprint density at radius 1 is 1.09 bits per heavy atom. The molecule has 0 N–H and O–H groups in total. The second-order valence-corrected chi connectivity index (χ2v) is 5.78. The average Bonchev–Trinajstić information content (AvgIpc) is 2.57. The van der Waals surface area contributed by atoms with Gasteiger partial charge in [0, 0.05) is 5.02 Å². The highest BCUT2D eigenvalue weighted by Crippen LogP contribution is 2.32. The first-order valence-electron chi connectivity index (χ1n) is 7.92. The van der Waals surface area contributed by atoms with E-state index in [0.29, 0.717) is 11.6 Å². The van der Waals surface area contributed by atoms with Crippen LogP contribution in [0.5, 0.6) is 0 Å². The minimum absolute atomic E-state index is 0.377. The van der Waals surface area contributed by atoms with Crippen molar-refractivity contribution < 1.29 is 9.53 Å². The zero-order valence-electron chi connectivity index (χ0n) is 13.6. The van der Waals surface area contributed by atoms with E-state index in [0.717, 1.165) is 36.2 Å². The van der Waals surface area contributed by atoms with Gasteiger partial charge >= 0.3 is 6.09 Å². The fraction of sp³-hybridized carbons (Fsp3) is 0.316. The summed E-state index contributed by atoms with van der Waals surface area (Å²) in [7, 11) is 0. The Morgan fingerprint density at radius 3 is 2.52 bits per heavy atom. The Morgan fingerprint density at radius 2 is 1.83 bits per heavy atom. The lowest BCUT2D eigenvalue weighted by atomic mass is 10.1. The molecule has 0 spiro atoms. The maximum absolute atomic E-state index is 12.6. The van der Waals surface area contributed by atoms with E-state index in [1.165, 1.54) is 0 Å². The summed E-state index contributed by atoms with van der Waals surface area (Å²) in [4.78, 5) is 14.2. The van der Waals surface area contributed by atoms with Crippen molar-refractivity contribution in [3.05, 3.63) is 59.1 Å². The molecule has 2 aromatic rings. The molecular weight excluding hydrogens is 310 g/mol. The molecule has 0 heterocycles. The minimum Gasteiger partial charge on any atom is -0.449 e. The average molecular weight is 332 g/mol. The summed E-state index contributed by atoms with van der Waals surface area (Å²) in [6, 6.07) is 15.0. The minimum atomic E-state index is -0.377. The molecule has 0 aliphatic heterocycles. The molecule has 4 heteroatoms. The summed E-state index contributed by atoms with van der Waals surface area (Å²) in [6.07, 6.45) is 2.64. The second kappa shape index (κ2) is 8.59. The van der Waals surface area contributed by atoms with Crippen molar-refractivity contribution in [1.29, 1.82) is 0 Å². The first kappa shape index (κ1) is 17.4. The van der Waals surface area contributed by atoms with Crippen molar-refractivity contribution in [1.82, 2.24) is 0 Å². The Labute approximate surface area is 142 Å². The maximum atomic E-state index is 12.6. The Kier molecular flexibility index (Phi) is 6.48. The molecule has 0 aliphatic carbocycles. The molecule has 0 fully saturated rings. The standard InChI is InChI=1S/C19H22ClNO2/c1-3-4-8-14-23-19(22)21(16-10-6-5-7-11-16)18-13-9-12-17(20)15(18)2/h5-7,9-13H,3-4,8,14H2,1-2H3. The lowest BCUT2D eigenvalue weighted by Crippen LogP contribution is -2.27. The van der Waals surface area contributed by atoms with Crippen LogP contribution < -0.4 is 4.90 Å². The van der Waals surface area contributed by atoms with Crippen molar-refractivity contribution in [2.75, 3.05) is 11.5 Å². The van der Waals surface area contributed by atoms with Crippen molar-refractivity contribution in [2.45, 2.75) is 33.1 Å². The van der Waals surface area contributed by atoms with Crippen molar-refractivity contribution in [2.24, 2.45) is 0 Å². The number of ether oxygens (including phenoxy) is 1. The van der Waals surface area contributed by atoms with E-state index in [1.807, 2.05) is 55.5 Å². The van der Waals surface area contributed by atoms with Gasteiger partial charge in [-0.1, -0.05) is 55.6 Å². The summed E-state index contributed by atoms with van der Waals surface area (Å²) < 4.78 is 5.45. The highest BCUT2D eigenvalue weighted by atomic mass is 35.5. The molecule has 0 bridgehead atoms. The van der Waals surface area contributed by atoms with E-state index in [-0.39, 0.29) is 6.09 Å². The van der Waals surface area contributed by atoms with Crippen LogP contribution in [0.1, 0.15) is 31.7 Å². The number of rotatable bonds is 6. The zero-order valence-corrected chi connectivity index (χ0v) is 14.3. The molecule has 122 valence electrons. The maximum Gasteiger partial charge on any atom is 0.418 e. The van der Waals surface area contributed by atoms with E-state index in [2.05, 4.69) is 6.92 Å². The van der Waals surface area contributed by atoms with Gasteiger partial charge in [0.15, 0.2) is 0 Å². The van der Waals surface area contributed by atoms with Gasteiger partial charge in [-0.05, 0) is 43.2 Å². The molecule has 0 saturated carbocycles. The van der Waals surface area contributed by atoms with Crippen LogP contribution >= 0.6 is 11.6 Å².